The van der Waals surface area contributed by atoms with E-state index in [9.17, 15) is 0 Å². The quantitative estimate of drug-likeness (QED) is 0.590. The largest absolute Gasteiger partial charge is 0.322 e. The van der Waals surface area contributed by atoms with Gasteiger partial charge in [-0.2, -0.15) is 5.10 Å². The number of piperazine rings is 1. The molecule has 1 heterocycles. The van der Waals surface area contributed by atoms with Gasteiger partial charge in [0.25, 0.3) is 0 Å². The summed E-state index contributed by atoms with van der Waals surface area (Å²) in [6.07, 6.45) is 0. The highest BCUT2D eigenvalue weighted by Crippen LogP contribution is 2.41. The highest BCUT2D eigenvalue weighted by molar-refractivity contribution is 6.42. The lowest BCUT2D eigenvalue weighted by Gasteiger charge is -2.35. The highest BCUT2D eigenvalue weighted by Gasteiger charge is 2.37. The monoisotopic (exact) mass is 436 g/mol. The molecule has 0 radical (unpaired) electrons. The van der Waals surface area contributed by atoms with Gasteiger partial charge in [-0.3, -0.25) is 5.01 Å². The van der Waals surface area contributed by atoms with Crippen LogP contribution in [0.5, 0.6) is 0 Å². The molecular formula is C25H24Cl2N3+. The number of nitrogens with one attached hydrogen (secondary N) is 1. The first-order chi connectivity index (χ1) is 14.6. The minimum Gasteiger partial charge on any atom is -0.322 e. The van der Waals surface area contributed by atoms with Crippen LogP contribution in [0, 0.1) is 0 Å². The topological polar surface area (TPSA) is 20.0 Å². The Morgan fingerprint density at radius 3 is 2.07 bits per heavy atom. The second kappa shape index (κ2) is 8.07. The molecule has 1 N–H and O–H groups in total. The first kappa shape index (κ1) is 19.6. The van der Waals surface area contributed by atoms with Crippen LogP contribution in [-0.2, 0) is 0 Å². The first-order valence-electron chi connectivity index (χ1n) is 10.4. The van der Waals surface area contributed by atoms with Crippen LogP contribution in [0.3, 0.4) is 0 Å². The summed E-state index contributed by atoms with van der Waals surface area (Å²) in [4.78, 5) is 1.62. The predicted octanol–water partition coefficient (Wildman–Crippen LogP) is 4.69. The third-order valence-corrected chi connectivity index (χ3v) is 6.99. The minimum atomic E-state index is 0.416. The molecule has 2 aliphatic rings. The molecule has 30 heavy (non-hydrogen) atoms. The maximum absolute atomic E-state index is 6.17. The Morgan fingerprint density at radius 2 is 1.47 bits per heavy atom. The van der Waals surface area contributed by atoms with Crippen molar-refractivity contribution >= 4 is 28.9 Å². The van der Waals surface area contributed by atoms with Crippen LogP contribution >= 0.6 is 23.2 Å². The van der Waals surface area contributed by atoms with Crippen molar-refractivity contribution in [2.75, 3.05) is 26.2 Å². The Bertz CT molecular complexity index is 1070. The Kier molecular flexibility index (Phi) is 5.28. The summed E-state index contributed by atoms with van der Waals surface area (Å²) < 4.78 is 0. The smallest absolute Gasteiger partial charge is 0.140 e. The summed E-state index contributed by atoms with van der Waals surface area (Å²) in [7, 11) is 0. The zero-order valence-electron chi connectivity index (χ0n) is 16.9. The lowest BCUT2D eigenvalue weighted by molar-refractivity contribution is -0.929. The molecule has 5 heteroatoms. The molecule has 152 valence electrons. The van der Waals surface area contributed by atoms with Crippen LogP contribution in [0.15, 0.2) is 71.8 Å². The van der Waals surface area contributed by atoms with E-state index >= 15 is 0 Å². The number of rotatable bonds is 3. The Labute approximate surface area is 187 Å². The minimum absolute atomic E-state index is 0.416. The predicted molar refractivity (Wildman–Crippen MR) is 125 cm³/mol. The Morgan fingerprint density at radius 1 is 0.867 bits per heavy atom. The molecule has 0 amide bonds. The molecule has 0 spiro atoms. The number of fused-ring (bicyclic) bond motifs is 3. The van der Waals surface area contributed by atoms with Crippen molar-refractivity contribution in [2.45, 2.75) is 13.0 Å². The van der Waals surface area contributed by atoms with E-state index in [0.29, 0.717) is 16.1 Å². The summed E-state index contributed by atoms with van der Waals surface area (Å²) in [5.41, 5.74) is 7.67. The van der Waals surface area contributed by atoms with Crippen LogP contribution in [0.1, 0.15) is 29.7 Å². The molecule has 1 saturated heterocycles. The van der Waals surface area contributed by atoms with E-state index in [1.807, 2.05) is 25.1 Å². The molecule has 3 nitrogen and oxygen atoms in total. The van der Waals surface area contributed by atoms with Gasteiger partial charge in [0.05, 0.1) is 41.9 Å². The van der Waals surface area contributed by atoms with Gasteiger partial charge >= 0.3 is 0 Å². The van der Waals surface area contributed by atoms with Crippen molar-refractivity contribution in [3.8, 4) is 11.1 Å². The molecule has 1 fully saturated rings. The van der Waals surface area contributed by atoms with Gasteiger partial charge in [0, 0.05) is 11.1 Å². The molecule has 0 aromatic heterocycles. The molecule has 3 aromatic rings. The summed E-state index contributed by atoms with van der Waals surface area (Å²) >= 11 is 12.2. The fourth-order valence-corrected chi connectivity index (χ4v) is 5.06. The van der Waals surface area contributed by atoms with Gasteiger partial charge in [0.2, 0.25) is 0 Å². The maximum Gasteiger partial charge on any atom is 0.140 e. The van der Waals surface area contributed by atoms with Crippen molar-refractivity contribution in [1.82, 2.24) is 5.01 Å². The number of hydrogen-bond acceptors (Lipinski definition) is 2. The SMILES string of the molecule is C/C(=N/N1CC[NH+](C2c3ccccc3-c3ccccc32)CC1)c1ccc(Cl)c(Cl)c1. The van der Waals surface area contributed by atoms with Crippen molar-refractivity contribution in [3.63, 3.8) is 0 Å². The van der Waals surface area contributed by atoms with E-state index in [-0.39, 0.29) is 0 Å². The van der Waals surface area contributed by atoms with Crippen LogP contribution in [0.2, 0.25) is 10.0 Å². The van der Waals surface area contributed by atoms with Gasteiger partial charge in [-0.15, -0.1) is 0 Å². The van der Waals surface area contributed by atoms with Gasteiger partial charge in [-0.1, -0.05) is 77.8 Å². The van der Waals surface area contributed by atoms with Crippen LogP contribution in [0.25, 0.3) is 11.1 Å². The van der Waals surface area contributed by atoms with E-state index in [0.717, 1.165) is 37.5 Å². The molecule has 1 aliphatic carbocycles. The van der Waals surface area contributed by atoms with E-state index in [1.165, 1.54) is 22.3 Å². The van der Waals surface area contributed by atoms with E-state index < -0.39 is 0 Å². The number of hydrazone groups is 1. The van der Waals surface area contributed by atoms with Crippen LogP contribution in [0.4, 0.5) is 0 Å². The van der Waals surface area contributed by atoms with E-state index in [1.54, 1.807) is 4.90 Å². The molecule has 0 unspecified atom stereocenters. The van der Waals surface area contributed by atoms with E-state index in [4.69, 9.17) is 28.3 Å². The first-order valence-corrected chi connectivity index (χ1v) is 11.2. The molecule has 0 bridgehead atoms. The summed E-state index contributed by atoms with van der Waals surface area (Å²) in [5.74, 6) is 0. The molecular weight excluding hydrogens is 413 g/mol. The van der Waals surface area contributed by atoms with Gasteiger partial charge in [-0.25, -0.2) is 0 Å². The molecule has 1 aliphatic heterocycles. The average molecular weight is 437 g/mol. The maximum atomic E-state index is 6.17. The van der Waals surface area contributed by atoms with Gasteiger partial charge in [0.1, 0.15) is 6.04 Å². The Hall–Kier alpha value is -2.33. The van der Waals surface area contributed by atoms with Gasteiger partial charge in [-0.05, 0) is 35.7 Å². The van der Waals surface area contributed by atoms with Crippen LogP contribution < -0.4 is 4.90 Å². The normalized spacial score (nSPS) is 17.2. The van der Waals surface area contributed by atoms with E-state index in [2.05, 4.69) is 53.5 Å². The molecule has 0 saturated carbocycles. The van der Waals surface area contributed by atoms with Gasteiger partial charge in [0.15, 0.2) is 0 Å². The molecule has 3 aromatic carbocycles. The highest BCUT2D eigenvalue weighted by atomic mass is 35.5. The van der Waals surface area contributed by atoms with Crippen molar-refractivity contribution < 1.29 is 4.90 Å². The lowest BCUT2D eigenvalue weighted by atomic mass is 10.0. The number of halogens is 2. The average Bonchev–Trinajstić information content (AvgIpc) is 3.11. The fourth-order valence-electron chi connectivity index (χ4n) is 4.76. The summed E-state index contributed by atoms with van der Waals surface area (Å²) in [5, 5.41) is 8.19. The summed E-state index contributed by atoms with van der Waals surface area (Å²) in [6.45, 7) is 6.03. The van der Waals surface area contributed by atoms with Crippen molar-refractivity contribution in [1.29, 1.82) is 0 Å². The third-order valence-electron chi connectivity index (χ3n) is 6.25. The number of nitrogens with zero attached hydrogens (tertiary/aromatic N) is 2. The number of quaternary nitrogens is 1. The molecule has 0 atom stereocenters. The van der Waals surface area contributed by atoms with Crippen molar-refractivity contribution in [3.05, 3.63) is 93.5 Å². The standard InChI is InChI=1S/C25H23Cl2N3/c1-17(18-10-11-23(26)24(27)16-18)28-30-14-12-29(13-15-30)25-21-8-4-2-6-19(21)20-7-3-5-9-22(20)25/h2-11,16,25H,12-15H2,1H3/p+1/b28-17-. The molecule has 5 rings (SSSR count). The zero-order valence-corrected chi connectivity index (χ0v) is 18.4. The Balaban J connectivity index is 1.33. The van der Waals surface area contributed by atoms with Gasteiger partial charge < -0.3 is 4.90 Å². The van der Waals surface area contributed by atoms with Crippen molar-refractivity contribution in [2.24, 2.45) is 5.10 Å². The zero-order chi connectivity index (χ0) is 20.7. The second-order valence-corrected chi connectivity index (χ2v) is 8.85. The lowest BCUT2D eigenvalue weighted by Crippen LogP contribution is -3.14. The summed E-state index contributed by atoms with van der Waals surface area (Å²) in [6, 6.07) is 23.8. The number of benzene rings is 3. The number of hydrogen-bond donors (Lipinski definition) is 1. The third kappa shape index (κ3) is 3.51. The fraction of sp³-hybridized carbons (Fsp3) is 0.240. The second-order valence-electron chi connectivity index (χ2n) is 8.03. The van der Waals surface area contributed by atoms with Crippen LogP contribution in [-0.4, -0.2) is 36.9 Å².